The Kier molecular flexibility index (Phi) is 4.08. The van der Waals surface area contributed by atoms with Crippen LogP contribution in [0.3, 0.4) is 0 Å². The lowest BCUT2D eigenvalue weighted by atomic mass is 10.2. The lowest BCUT2D eigenvalue weighted by molar-refractivity contribution is 0.0588. The first kappa shape index (κ1) is 13.9. The number of carbonyl (C=O) groups excluding carboxylic acids is 1. The Morgan fingerprint density at radius 2 is 1.95 bits per heavy atom. The number of furan rings is 2. The fourth-order valence-electron chi connectivity index (χ4n) is 2.49. The summed E-state index contributed by atoms with van der Waals surface area (Å²) in [5, 5.41) is 0. The van der Waals surface area contributed by atoms with E-state index in [4.69, 9.17) is 14.6 Å². The van der Waals surface area contributed by atoms with Crippen LogP contribution in [0.4, 0.5) is 0 Å². The van der Waals surface area contributed by atoms with E-state index in [1.54, 1.807) is 18.4 Å². The van der Waals surface area contributed by atoms with Crippen molar-refractivity contribution in [3.63, 3.8) is 0 Å². The van der Waals surface area contributed by atoms with Crippen LogP contribution in [0.1, 0.15) is 22.1 Å². The molecule has 1 aliphatic heterocycles. The van der Waals surface area contributed by atoms with Crippen molar-refractivity contribution in [3.05, 3.63) is 47.8 Å². The van der Waals surface area contributed by atoms with E-state index in [0.717, 1.165) is 25.4 Å². The van der Waals surface area contributed by atoms with Crippen LogP contribution < -0.4 is 5.73 Å². The number of carbonyl (C=O) groups is 1. The van der Waals surface area contributed by atoms with Gasteiger partial charge in [-0.2, -0.15) is 0 Å². The molecule has 6 heteroatoms. The number of hydrogen-bond donors (Lipinski definition) is 1. The summed E-state index contributed by atoms with van der Waals surface area (Å²) < 4.78 is 10.8. The van der Waals surface area contributed by atoms with Crippen molar-refractivity contribution in [1.82, 2.24) is 9.80 Å². The van der Waals surface area contributed by atoms with Gasteiger partial charge < -0.3 is 19.5 Å². The molecule has 0 aliphatic carbocycles. The molecule has 112 valence electrons. The Morgan fingerprint density at radius 3 is 2.57 bits per heavy atom. The summed E-state index contributed by atoms with van der Waals surface area (Å²) in [4.78, 5) is 16.4. The first-order valence-corrected chi connectivity index (χ1v) is 7.09. The first-order chi connectivity index (χ1) is 10.3. The zero-order valence-corrected chi connectivity index (χ0v) is 11.8. The molecule has 6 nitrogen and oxygen atoms in total. The molecular formula is C15H19N3O3. The molecule has 2 N–H and O–H groups in total. The summed E-state index contributed by atoms with van der Waals surface area (Å²) in [5.74, 6) is 1.89. The number of nitrogens with two attached hydrogens (primary N) is 1. The topological polar surface area (TPSA) is 75.9 Å². The highest BCUT2D eigenvalue weighted by molar-refractivity contribution is 5.91. The van der Waals surface area contributed by atoms with E-state index in [9.17, 15) is 4.79 Å². The van der Waals surface area contributed by atoms with Gasteiger partial charge in [0.05, 0.1) is 19.4 Å². The third-order valence-electron chi connectivity index (χ3n) is 3.69. The van der Waals surface area contributed by atoms with Gasteiger partial charge in [0.15, 0.2) is 5.76 Å². The maximum atomic E-state index is 12.3. The first-order valence-electron chi connectivity index (χ1n) is 7.09. The molecule has 3 rings (SSSR count). The standard InChI is InChI=1S/C15H19N3O3/c16-10-12-3-4-14(21-12)15(19)18-7-5-17(6-8-18)11-13-2-1-9-20-13/h1-4,9H,5-8,10-11,16H2. The van der Waals surface area contributed by atoms with E-state index in [-0.39, 0.29) is 5.91 Å². The third-order valence-corrected chi connectivity index (χ3v) is 3.69. The lowest BCUT2D eigenvalue weighted by Crippen LogP contribution is -2.48. The molecular weight excluding hydrogens is 270 g/mol. The highest BCUT2D eigenvalue weighted by Gasteiger charge is 2.24. The molecule has 0 bridgehead atoms. The Bertz CT molecular complexity index is 583. The molecule has 2 aromatic heterocycles. The SMILES string of the molecule is NCc1ccc(C(=O)N2CCN(Cc3ccco3)CC2)o1. The van der Waals surface area contributed by atoms with Gasteiger partial charge in [-0.1, -0.05) is 0 Å². The smallest absolute Gasteiger partial charge is 0.289 e. The van der Waals surface area contributed by atoms with Crippen LogP contribution in [0.5, 0.6) is 0 Å². The van der Waals surface area contributed by atoms with Gasteiger partial charge in [-0.25, -0.2) is 0 Å². The Balaban J connectivity index is 1.54. The molecule has 0 aromatic carbocycles. The van der Waals surface area contributed by atoms with Crippen LogP contribution in [-0.4, -0.2) is 41.9 Å². The zero-order valence-electron chi connectivity index (χ0n) is 11.8. The zero-order chi connectivity index (χ0) is 14.7. The lowest BCUT2D eigenvalue weighted by Gasteiger charge is -2.33. The summed E-state index contributed by atoms with van der Waals surface area (Å²) in [6, 6.07) is 7.30. The van der Waals surface area contributed by atoms with E-state index in [1.165, 1.54) is 0 Å². The summed E-state index contributed by atoms with van der Waals surface area (Å²) in [5.41, 5.74) is 5.49. The van der Waals surface area contributed by atoms with Crippen molar-refractivity contribution < 1.29 is 13.6 Å². The fourth-order valence-corrected chi connectivity index (χ4v) is 2.49. The van der Waals surface area contributed by atoms with Crippen molar-refractivity contribution in [2.24, 2.45) is 5.73 Å². The second kappa shape index (κ2) is 6.15. The molecule has 1 amide bonds. The van der Waals surface area contributed by atoms with Crippen molar-refractivity contribution in [2.75, 3.05) is 26.2 Å². The number of rotatable bonds is 4. The molecule has 0 saturated carbocycles. The number of piperazine rings is 1. The number of amides is 1. The summed E-state index contributed by atoms with van der Waals surface area (Å²) in [7, 11) is 0. The molecule has 2 aromatic rings. The number of nitrogens with zero attached hydrogens (tertiary/aromatic N) is 2. The average Bonchev–Trinajstić information content (AvgIpc) is 3.18. The van der Waals surface area contributed by atoms with E-state index in [0.29, 0.717) is 31.2 Å². The van der Waals surface area contributed by atoms with Gasteiger partial charge in [0.2, 0.25) is 0 Å². The molecule has 1 aliphatic rings. The molecule has 1 fully saturated rings. The maximum absolute atomic E-state index is 12.3. The van der Waals surface area contributed by atoms with E-state index in [2.05, 4.69) is 4.90 Å². The van der Waals surface area contributed by atoms with Gasteiger partial charge >= 0.3 is 0 Å². The van der Waals surface area contributed by atoms with Crippen LogP contribution in [0.15, 0.2) is 39.4 Å². The second-order valence-corrected chi connectivity index (χ2v) is 5.12. The summed E-state index contributed by atoms with van der Waals surface area (Å²) in [6.07, 6.45) is 1.68. The monoisotopic (exact) mass is 289 g/mol. The molecule has 0 atom stereocenters. The van der Waals surface area contributed by atoms with Crippen molar-refractivity contribution in [1.29, 1.82) is 0 Å². The molecule has 3 heterocycles. The van der Waals surface area contributed by atoms with Gasteiger partial charge in [0.25, 0.3) is 5.91 Å². The van der Waals surface area contributed by atoms with Gasteiger partial charge in [-0.3, -0.25) is 9.69 Å². The predicted molar refractivity (Wildman–Crippen MR) is 76.5 cm³/mol. The van der Waals surface area contributed by atoms with Crippen LogP contribution in [0, 0.1) is 0 Å². The minimum atomic E-state index is -0.0626. The predicted octanol–water partition coefficient (Wildman–Crippen LogP) is 1.29. The van der Waals surface area contributed by atoms with Crippen LogP contribution >= 0.6 is 0 Å². The number of hydrogen-bond acceptors (Lipinski definition) is 5. The summed E-state index contributed by atoms with van der Waals surface area (Å²) in [6.45, 7) is 4.14. The van der Waals surface area contributed by atoms with Gasteiger partial charge in [-0.15, -0.1) is 0 Å². The van der Waals surface area contributed by atoms with Gasteiger partial charge in [-0.05, 0) is 24.3 Å². The van der Waals surface area contributed by atoms with E-state index in [1.807, 2.05) is 17.0 Å². The van der Waals surface area contributed by atoms with Crippen LogP contribution in [-0.2, 0) is 13.1 Å². The van der Waals surface area contributed by atoms with Crippen molar-refractivity contribution >= 4 is 5.91 Å². The highest BCUT2D eigenvalue weighted by atomic mass is 16.4. The fraction of sp³-hybridized carbons (Fsp3) is 0.400. The quantitative estimate of drug-likeness (QED) is 0.918. The maximum Gasteiger partial charge on any atom is 0.289 e. The van der Waals surface area contributed by atoms with E-state index >= 15 is 0 Å². The second-order valence-electron chi connectivity index (χ2n) is 5.12. The Labute approximate surface area is 123 Å². The molecule has 0 radical (unpaired) electrons. The minimum absolute atomic E-state index is 0.0626. The Hall–Kier alpha value is -2.05. The average molecular weight is 289 g/mol. The largest absolute Gasteiger partial charge is 0.468 e. The molecule has 0 unspecified atom stereocenters. The minimum Gasteiger partial charge on any atom is -0.468 e. The normalized spacial score (nSPS) is 16.3. The van der Waals surface area contributed by atoms with Crippen LogP contribution in [0.25, 0.3) is 0 Å². The van der Waals surface area contributed by atoms with Crippen molar-refractivity contribution in [2.45, 2.75) is 13.1 Å². The van der Waals surface area contributed by atoms with Crippen LogP contribution in [0.2, 0.25) is 0 Å². The van der Waals surface area contributed by atoms with Gasteiger partial charge in [0.1, 0.15) is 11.5 Å². The molecule has 1 saturated heterocycles. The highest BCUT2D eigenvalue weighted by Crippen LogP contribution is 2.14. The molecule has 21 heavy (non-hydrogen) atoms. The summed E-state index contributed by atoms with van der Waals surface area (Å²) >= 11 is 0. The molecule has 0 spiro atoms. The van der Waals surface area contributed by atoms with E-state index < -0.39 is 0 Å². The Morgan fingerprint density at radius 1 is 1.14 bits per heavy atom. The van der Waals surface area contributed by atoms with Crippen molar-refractivity contribution in [3.8, 4) is 0 Å². The van der Waals surface area contributed by atoms with Gasteiger partial charge in [0, 0.05) is 26.2 Å². The third kappa shape index (κ3) is 3.17.